The van der Waals surface area contributed by atoms with Crippen molar-refractivity contribution in [3.8, 4) is 11.5 Å². The fourth-order valence-electron chi connectivity index (χ4n) is 2.77. The zero-order valence-corrected chi connectivity index (χ0v) is 11.6. The van der Waals surface area contributed by atoms with Gasteiger partial charge in [-0.1, -0.05) is 0 Å². The molecular weight excluding hydrogens is 258 g/mol. The summed E-state index contributed by atoms with van der Waals surface area (Å²) in [5, 5.41) is 0. The quantitative estimate of drug-likeness (QED) is 0.790. The maximum Gasteiger partial charge on any atom is 0.306 e. The first-order valence-electron chi connectivity index (χ1n) is 7.06. The minimum Gasteiger partial charge on any atom is -0.466 e. The first-order valence-corrected chi connectivity index (χ1v) is 7.06. The largest absolute Gasteiger partial charge is 0.466 e. The molecule has 0 saturated carbocycles. The van der Waals surface area contributed by atoms with Gasteiger partial charge in [0, 0.05) is 24.8 Å². The van der Waals surface area contributed by atoms with Gasteiger partial charge < -0.3 is 19.1 Å². The van der Waals surface area contributed by atoms with Gasteiger partial charge in [-0.15, -0.1) is 0 Å². The number of rotatable bonds is 4. The Morgan fingerprint density at radius 1 is 1.40 bits per heavy atom. The molecule has 5 heteroatoms. The van der Waals surface area contributed by atoms with Crippen molar-refractivity contribution in [2.45, 2.75) is 19.8 Å². The number of hydrogen-bond acceptors (Lipinski definition) is 5. The highest BCUT2D eigenvalue weighted by molar-refractivity contribution is 5.70. The van der Waals surface area contributed by atoms with E-state index in [9.17, 15) is 4.79 Å². The van der Waals surface area contributed by atoms with Crippen LogP contribution in [0.15, 0.2) is 18.2 Å². The smallest absolute Gasteiger partial charge is 0.306 e. The van der Waals surface area contributed by atoms with E-state index >= 15 is 0 Å². The van der Waals surface area contributed by atoms with E-state index < -0.39 is 0 Å². The zero-order chi connectivity index (χ0) is 13.9. The molecule has 1 saturated heterocycles. The summed E-state index contributed by atoms with van der Waals surface area (Å²) >= 11 is 0. The van der Waals surface area contributed by atoms with E-state index in [1.54, 1.807) is 0 Å². The number of esters is 1. The fraction of sp³-hybridized carbons (Fsp3) is 0.533. The average Bonchev–Trinajstić information content (AvgIpc) is 3.06. The Morgan fingerprint density at radius 2 is 2.25 bits per heavy atom. The number of anilines is 1. The van der Waals surface area contributed by atoms with Crippen molar-refractivity contribution in [2.75, 3.05) is 31.4 Å². The number of carbonyl (C=O) groups excluding carboxylic acids is 1. The van der Waals surface area contributed by atoms with Crippen molar-refractivity contribution in [3.05, 3.63) is 18.2 Å². The van der Waals surface area contributed by atoms with Crippen molar-refractivity contribution >= 4 is 11.7 Å². The van der Waals surface area contributed by atoms with E-state index in [1.165, 1.54) is 0 Å². The highest BCUT2D eigenvalue weighted by Crippen LogP contribution is 2.37. The van der Waals surface area contributed by atoms with Gasteiger partial charge in [0.25, 0.3) is 0 Å². The van der Waals surface area contributed by atoms with E-state index in [4.69, 9.17) is 14.2 Å². The van der Waals surface area contributed by atoms with Crippen molar-refractivity contribution < 1.29 is 19.0 Å². The first kappa shape index (κ1) is 13.1. The van der Waals surface area contributed by atoms with Crippen LogP contribution < -0.4 is 14.4 Å². The molecule has 20 heavy (non-hydrogen) atoms. The maximum absolute atomic E-state index is 11.5. The lowest BCUT2D eigenvalue weighted by Crippen LogP contribution is -2.20. The highest BCUT2D eigenvalue weighted by atomic mass is 16.7. The molecule has 0 aromatic heterocycles. The van der Waals surface area contributed by atoms with Gasteiger partial charge in [-0.25, -0.2) is 0 Å². The summed E-state index contributed by atoms with van der Waals surface area (Å²) in [5.74, 6) is 1.89. The molecule has 1 atom stereocenters. The van der Waals surface area contributed by atoms with Crippen molar-refractivity contribution in [2.24, 2.45) is 5.92 Å². The highest BCUT2D eigenvalue weighted by Gasteiger charge is 2.26. The number of fused-ring (bicyclic) bond motifs is 1. The topological polar surface area (TPSA) is 48.0 Å². The second-order valence-corrected chi connectivity index (χ2v) is 5.15. The molecule has 2 heterocycles. The lowest BCUT2D eigenvalue weighted by Gasteiger charge is -2.18. The van der Waals surface area contributed by atoms with E-state index in [1.807, 2.05) is 25.1 Å². The monoisotopic (exact) mass is 277 g/mol. The summed E-state index contributed by atoms with van der Waals surface area (Å²) in [6.45, 7) is 4.44. The Balaban J connectivity index is 1.61. The van der Waals surface area contributed by atoms with E-state index in [0.717, 1.165) is 36.7 Å². The second-order valence-electron chi connectivity index (χ2n) is 5.15. The SMILES string of the molecule is CCOC(=O)CC1CCN(c2ccc3c(c2)OCO3)C1. The summed E-state index contributed by atoms with van der Waals surface area (Å²) in [5.41, 5.74) is 1.13. The van der Waals surface area contributed by atoms with E-state index in [-0.39, 0.29) is 5.97 Å². The van der Waals surface area contributed by atoms with Gasteiger partial charge in [-0.2, -0.15) is 0 Å². The number of carbonyl (C=O) groups is 1. The van der Waals surface area contributed by atoms with E-state index in [2.05, 4.69) is 4.90 Å². The molecule has 0 N–H and O–H groups in total. The van der Waals surface area contributed by atoms with Crippen molar-refractivity contribution in [3.63, 3.8) is 0 Å². The van der Waals surface area contributed by atoms with Crippen LogP contribution in [-0.2, 0) is 9.53 Å². The van der Waals surface area contributed by atoms with Crippen LogP contribution in [-0.4, -0.2) is 32.5 Å². The average molecular weight is 277 g/mol. The van der Waals surface area contributed by atoms with Crippen LogP contribution in [0.2, 0.25) is 0 Å². The molecule has 1 aromatic rings. The Hall–Kier alpha value is -1.91. The Bertz CT molecular complexity index is 503. The van der Waals surface area contributed by atoms with Crippen LogP contribution in [0.4, 0.5) is 5.69 Å². The maximum atomic E-state index is 11.5. The van der Waals surface area contributed by atoms with Crippen LogP contribution in [0.25, 0.3) is 0 Å². The summed E-state index contributed by atoms with van der Waals surface area (Å²) < 4.78 is 15.7. The lowest BCUT2D eigenvalue weighted by atomic mass is 10.1. The Morgan fingerprint density at radius 3 is 3.10 bits per heavy atom. The van der Waals surface area contributed by atoms with Gasteiger partial charge in [-0.3, -0.25) is 4.79 Å². The Labute approximate surface area is 118 Å². The van der Waals surface area contributed by atoms with Crippen molar-refractivity contribution in [1.82, 2.24) is 0 Å². The fourth-order valence-corrected chi connectivity index (χ4v) is 2.77. The standard InChI is InChI=1S/C15H19NO4/c1-2-18-15(17)7-11-5-6-16(9-11)12-3-4-13-14(8-12)20-10-19-13/h3-4,8,11H,2,5-7,9-10H2,1H3. The second kappa shape index (κ2) is 5.61. The lowest BCUT2D eigenvalue weighted by molar-refractivity contribution is -0.144. The molecule has 1 fully saturated rings. The third-order valence-electron chi connectivity index (χ3n) is 3.77. The predicted octanol–water partition coefficient (Wildman–Crippen LogP) is 2.19. The van der Waals surface area contributed by atoms with Crippen molar-refractivity contribution in [1.29, 1.82) is 0 Å². The number of nitrogens with zero attached hydrogens (tertiary/aromatic N) is 1. The van der Waals surface area contributed by atoms with Crippen LogP contribution >= 0.6 is 0 Å². The van der Waals surface area contributed by atoms with Crippen LogP contribution in [0.5, 0.6) is 11.5 Å². The van der Waals surface area contributed by atoms with Gasteiger partial charge in [0.2, 0.25) is 6.79 Å². The number of hydrogen-bond donors (Lipinski definition) is 0. The first-order chi connectivity index (χ1) is 9.76. The minimum atomic E-state index is -0.0926. The third-order valence-corrected chi connectivity index (χ3v) is 3.77. The van der Waals surface area contributed by atoms with Gasteiger partial charge in [0.15, 0.2) is 11.5 Å². The number of ether oxygens (including phenoxy) is 3. The molecule has 1 aromatic carbocycles. The minimum absolute atomic E-state index is 0.0926. The molecule has 1 unspecified atom stereocenters. The molecule has 0 aliphatic carbocycles. The molecular formula is C15H19NO4. The van der Waals surface area contributed by atoms with Crippen LogP contribution in [0.3, 0.4) is 0 Å². The molecule has 0 radical (unpaired) electrons. The van der Waals surface area contributed by atoms with Crippen LogP contribution in [0, 0.1) is 5.92 Å². The normalized spacial score (nSPS) is 20.2. The molecule has 0 amide bonds. The van der Waals surface area contributed by atoms with Gasteiger partial charge in [-0.05, 0) is 31.4 Å². The molecule has 3 rings (SSSR count). The van der Waals surface area contributed by atoms with Crippen LogP contribution in [0.1, 0.15) is 19.8 Å². The molecule has 2 aliphatic rings. The van der Waals surface area contributed by atoms with Gasteiger partial charge in [0.1, 0.15) is 0 Å². The third kappa shape index (κ3) is 2.66. The summed E-state index contributed by atoms with van der Waals surface area (Å²) in [6.07, 6.45) is 1.53. The summed E-state index contributed by atoms with van der Waals surface area (Å²) in [7, 11) is 0. The van der Waals surface area contributed by atoms with Gasteiger partial charge in [0.05, 0.1) is 13.0 Å². The number of benzene rings is 1. The van der Waals surface area contributed by atoms with E-state index in [0.29, 0.717) is 25.7 Å². The summed E-state index contributed by atoms with van der Waals surface area (Å²) in [6, 6.07) is 5.99. The Kier molecular flexibility index (Phi) is 3.67. The molecule has 2 aliphatic heterocycles. The molecule has 0 bridgehead atoms. The van der Waals surface area contributed by atoms with Gasteiger partial charge >= 0.3 is 5.97 Å². The predicted molar refractivity (Wildman–Crippen MR) is 74.1 cm³/mol. The molecule has 5 nitrogen and oxygen atoms in total. The zero-order valence-electron chi connectivity index (χ0n) is 11.6. The molecule has 0 spiro atoms. The molecule has 108 valence electrons. The summed E-state index contributed by atoms with van der Waals surface area (Å²) in [4.78, 5) is 13.8.